The van der Waals surface area contributed by atoms with Gasteiger partial charge in [0.2, 0.25) is 11.0 Å². The highest BCUT2D eigenvalue weighted by atomic mass is 32.2. The molecule has 0 spiro atoms. The van der Waals surface area contributed by atoms with E-state index in [4.69, 9.17) is 0 Å². The summed E-state index contributed by atoms with van der Waals surface area (Å²) in [7, 11) is 0. The topological polar surface area (TPSA) is 95.6 Å². The largest absolute Gasteiger partial charge is 0.357 e. The monoisotopic (exact) mass is 424 g/mol. The predicted octanol–water partition coefficient (Wildman–Crippen LogP) is 4.15. The second-order valence-electron chi connectivity index (χ2n) is 6.10. The van der Waals surface area contributed by atoms with Gasteiger partial charge in [-0.3, -0.25) is 9.36 Å². The molecule has 3 aromatic rings. The number of carbonyl (C=O) groups excluding carboxylic acids is 1. The number of nitrogens with zero attached hydrogens (tertiary/aromatic N) is 4. The van der Waals surface area contributed by atoms with Crippen molar-refractivity contribution >= 4 is 40.0 Å². The SMILES string of the molecule is C=CCNc1nnc(SCC(=O)Nc2c(C#N)c(C)c(C)n2-c2ccccc2)s1. The highest BCUT2D eigenvalue weighted by molar-refractivity contribution is 8.01. The lowest BCUT2D eigenvalue weighted by Gasteiger charge is -2.13. The minimum Gasteiger partial charge on any atom is -0.357 e. The van der Waals surface area contributed by atoms with Gasteiger partial charge in [0.1, 0.15) is 11.9 Å². The Morgan fingerprint density at radius 3 is 2.79 bits per heavy atom. The lowest BCUT2D eigenvalue weighted by Crippen LogP contribution is -2.17. The number of anilines is 2. The van der Waals surface area contributed by atoms with Crippen molar-refractivity contribution < 1.29 is 4.79 Å². The Morgan fingerprint density at radius 1 is 1.34 bits per heavy atom. The van der Waals surface area contributed by atoms with Gasteiger partial charge in [0.05, 0.1) is 11.3 Å². The number of amides is 1. The predicted molar refractivity (Wildman–Crippen MR) is 118 cm³/mol. The molecule has 0 aliphatic rings. The normalized spacial score (nSPS) is 10.4. The third-order valence-corrected chi connectivity index (χ3v) is 6.24. The van der Waals surface area contributed by atoms with E-state index in [2.05, 4.69) is 33.5 Å². The maximum absolute atomic E-state index is 12.6. The fourth-order valence-electron chi connectivity index (χ4n) is 2.76. The lowest BCUT2D eigenvalue weighted by molar-refractivity contribution is -0.113. The van der Waals surface area contributed by atoms with Crippen LogP contribution in [0, 0.1) is 25.2 Å². The molecule has 0 saturated carbocycles. The number of thioether (sulfide) groups is 1. The van der Waals surface area contributed by atoms with Gasteiger partial charge in [0.25, 0.3) is 0 Å². The van der Waals surface area contributed by atoms with Crippen molar-refractivity contribution in [3.8, 4) is 11.8 Å². The Balaban J connectivity index is 1.76. The number of hydrogen-bond acceptors (Lipinski definition) is 7. The number of rotatable bonds is 8. The Kier molecular flexibility index (Phi) is 6.69. The van der Waals surface area contributed by atoms with Crippen molar-refractivity contribution in [2.45, 2.75) is 18.2 Å². The van der Waals surface area contributed by atoms with Gasteiger partial charge in [-0.1, -0.05) is 47.4 Å². The number of benzene rings is 1. The zero-order chi connectivity index (χ0) is 20.8. The van der Waals surface area contributed by atoms with E-state index >= 15 is 0 Å². The van der Waals surface area contributed by atoms with Crippen LogP contribution in [0.1, 0.15) is 16.8 Å². The molecule has 0 unspecified atom stereocenters. The third kappa shape index (κ3) is 4.67. The Morgan fingerprint density at radius 2 is 2.10 bits per heavy atom. The molecule has 0 aliphatic carbocycles. The summed E-state index contributed by atoms with van der Waals surface area (Å²) >= 11 is 2.68. The van der Waals surface area contributed by atoms with Crippen LogP contribution in [0.5, 0.6) is 0 Å². The molecule has 2 aromatic heterocycles. The lowest BCUT2D eigenvalue weighted by atomic mass is 10.2. The van der Waals surface area contributed by atoms with E-state index < -0.39 is 0 Å². The Bertz CT molecular complexity index is 1060. The molecule has 7 nitrogen and oxygen atoms in total. The number of para-hydroxylation sites is 1. The Labute approximate surface area is 177 Å². The van der Waals surface area contributed by atoms with Gasteiger partial charge in [-0.2, -0.15) is 5.26 Å². The van der Waals surface area contributed by atoms with Crippen LogP contribution in [-0.2, 0) is 4.79 Å². The van der Waals surface area contributed by atoms with E-state index in [1.54, 1.807) is 6.08 Å². The van der Waals surface area contributed by atoms with Crippen molar-refractivity contribution in [2.24, 2.45) is 0 Å². The molecule has 0 fully saturated rings. The van der Waals surface area contributed by atoms with Crippen LogP contribution in [0.3, 0.4) is 0 Å². The quantitative estimate of drug-likeness (QED) is 0.417. The summed E-state index contributed by atoms with van der Waals surface area (Å²) in [5.41, 5.74) is 3.12. The summed E-state index contributed by atoms with van der Waals surface area (Å²) in [6.07, 6.45) is 1.74. The number of hydrogen-bond donors (Lipinski definition) is 2. The van der Waals surface area contributed by atoms with E-state index in [9.17, 15) is 10.1 Å². The summed E-state index contributed by atoms with van der Waals surface area (Å²) in [4.78, 5) is 12.6. The first-order valence-electron chi connectivity index (χ1n) is 8.83. The van der Waals surface area contributed by atoms with Crippen LogP contribution in [0.25, 0.3) is 5.69 Å². The van der Waals surface area contributed by atoms with Crippen LogP contribution in [0.4, 0.5) is 10.9 Å². The number of nitriles is 1. The van der Waals surface area contributed by atoms with E-state index in [1.807, 2.05) is 48.7 Å². The Hall–Kier alpha value is -3.09. The summed E-state index contributed by atoms with van der Waals surface area (Å²) in [5.74, 6) is 0.445. The second kappa shape index (κ2) is 9.41. The number of nitrogens with one attached hydrogen (secondary N) is 2. The molecular formula is C20H20N6OS2. The average Bonchev–Trinajstić information content (AvgIpc) is 3.28. The van der Waals surface area contributed by atoms with Crippen molar-refractivity contribution in [1.82, 2.24) is 14.8 Å². The van der Waals surface area contributed by atoms with Gasteiger partial charge in [0, 0.05) is 17.9 Å². The highest BCUT2D eigenvalue weighted by Gasteiger charge is 2.20. The van der Waals surface area contributed by atoms with E-state index in [1.165, 1.54) is 23.1 Å². The van der Waals surface area contributed by atoms with Crippen molar-refractivity contribution in [3.63, 3.8) is 0 Å². The minimum atomic E-state index is -0.211. The molecule has 2 N–H and O–H groups in total. The molecule has 0 atom stereocenters. The van der Waals surface area contributed by atoms with Gasteiger partial charge < -0.3 is 10.6 Å². The smallest absolute Gasteiger partial charge is 0.235 e. The first kappa shape index (κ1) is 20.6. The van der Waals surface area contributed by atoms with Crippen molar-refractivity contribution in [1.29, 1.82) is 5.26 Å². The first-order chi connectivity index (χ1) is 14.0. The van der Waals surface area contributed by atoms with E-state index in [-0.39, 0.29) is 11.7 Å². The number of aromatic nitrogens is 3. The standard InChI is InChI=1S/C20H20N6OS2/c1-4-10-22-19-24-25-20(29-19)28-12-17(27)23-18-16(11-21)13(2)14(3)26(18)15-8-6-5-7-9-15/h4-9H,1,10,12H2,2-3H3,(H,22,24)(H,23,27). The molecule has 29 heavy (non-hydrogen) atoms. The van der Waals surface area contributed by atoms with Gasteiger partial charge in [-0.25, -0.2) is 0 Å². The molecule has 1 aromatic carbocycles. The van der Waals surface area contributed by atoms with Crippen LogP contribution >= 0.6 is 23.1 Å². The maximum Gasteiger partial charge on any atom is 0.235 e. The molecule has 0 bridgehead atoms. The van der Waals surface area contributed by atoms with Crippen molar-refractivity contribution in [3.05, 3.63) is 59.8 Å². The average molecular weight is 425 g/mol. The molecule has 2 heterocycles. The van der Waals surface area contributed by atoms with Gasteiger partial charge in [-0.05, 0) is 31.5 Å². The minimum absolute atomic E-state index is 0.166. The van der Waals surface area contributed by atoms with Crippen molar-refractivity contribution in [2.75, 3.05) is 22.9 Å². The molecule has 0 aliphatic heterocycles. The summed E-state index contributed by atoms with van der Waals surface area (Å²) in [6, 6.07) is 11.9. The van der Waals surface area contributed by atoms with Gasteiger partial charge >= 0.3 is 0 Å². The summed E-state index contributed by atoms with van der Waals surface area (Å²) in [5, 5.41) is 24.4. The third-order valence-electron chi connectivity index (χ3n) is 4.23. The zero-order valence-electron chi connectivity index (χ0n) is 16.1. The summed E-state index contributed by atoms with van der Waals surface area (Å²) < 4.78 is 2.59. The molecule has 3 rings (SSSR count). The van der Waals surface area contributed by atoms with Crippen LogP contribution in [0.2, 0.25) is 0 Å². The van der Waals surface area contributed by atoms with Gasteiger partial charge in [-0.15, -0.1) is 16.8 Å². The zero-order valence-corrected chi connectivity index (χ0v) is 17.7. The summed E-state index contributed by atoms with van der Waals surface area (Å²) in [6.45, 7) is 8.07. The molecule has 0 saturated heterocycles. The van der Waals surface area contributed by atoms with Gasteiger partial charge in [0.15, 0.2) is 4.34 Å². The van der Waals surface area contributed by atoms with Crippen LogP contribution < -0.4 is 10.6 Å². The maximum atomic E-state index is 12.6. The molecular weight excluding hydrogens is 404 g/mol. The van der Waals surface area contributed by atoms with E-state index in [0.29, 0.717) is 27.4 Å². The fraction of sp³-hybridized carbons (Fsp3) is 0.200. The van der Waals surface area contributed by atoms with E-state index in [0.717, 1.165) is 16.9 Å². The molecule has 1 amide bonds. The van der Waals surface area contributed by atoms with Crippen LogP contribution in [0.15, 0.2) is 47.3 Å². The first-order valence-corrected chi connectivity index (χ1v) is 10.6. The second-order valence-corrected chi connectivity index (χ2v) is 8.30. The molecule has 9 heteroatoms. The fourth-order valence-corrected chi connectivity index (χ4v) is 4.31. The van der Waals surface area contributed by atoms with Crippen LogP contribution in [-0.4, -0.2) is 33.0 Å². The highest BCUT2D eigenvalue weighted by Crippen LogP contribution is 2.30. The molecule has 148 valence electrons. The molecule has 0 radical (unpaired) electrons. The number of carbonyl (C=O) groups is 1.